The van der Waals surface area contributed by atoms with Gasteiger partial charge in [-0.05, 0) is 30.7 Å². The van der Waals surface area contributed by atoms with Crippen LogP contribution in [0.25, 0.3) is 0 Å². The summed E-state index contributed by atoms with van der Waals surface area (Å²) in [5.41, 5.74) is 0. The van der Waals surface area contributed by atoms with Crippen LogP contribution < -0.4 is 5.32 Å². The van der Waals surface area contributed by atoms with Gasteiger partial charge in [-0.25, -0.2) is 0 Å². The molecule has 0 bridgehead atoms. The third-order valence-corrected chi connectivity index (χ3v) is 4.67. The van der Waals surface area contributed by atoms with Crippen LogP contribution in [0.5, 0.6) is 0 Å². The van der Waals surface area contributed by atoms with Gasteiger partial charge in [0.25, 0.3) is 0 Å². The Hall–Kier alpha value is -0.870. The lowest BCUT2D eigenvalue weighted by atomic mass is 9.99. The van der Waals surface area contributed by atoms with Crippen LogP contribution in [0.3, 0.4) is 0 Å². The van der Waals surface area contributed by atoms with Crippen molar-refractivity contribution in [3.8, 4) is 0 Å². The minimum Gasteiger partial charge on any atom is -0.318 e. The number of amides is 1. The molecule has 18 heavy (non-hydrogen) atoms. The molecule has 1 N–H and O–H groups in total. The van der Waals surface area contributed by atoms with Crippen LogP contribution in [-0.2, 0) is 4.79 Å². The van der Waals surface area contributed by atoms with Gasteiger partial charge in [0.1, 0.15) is 6.17 Å². The van der Waals surface area contributed by atoms with E-state index < -0.39 is 0 Å². The molecule has 100 valence electrons. The summed E-state index contributed by atoms with van der Waals surface area (Å²) in [6, 6.07) is 4.45. The van der Waals surface area contributed by atoms with E-state index in [1.165, 1.54) is 11.3 Å². The van der Waals surface area contributed by atoms with Crippen molar-refractivity contribution < 1.29 is 4.79 Å². The van der Waals surface area contributed by atoms with Crippen molar-refractivity contribution in [1.82, 2.24) is 10.2 Å². The highest BCUT2D eigenvalue weighted by Gasteiger charge is 2.35. The molecule has 1 amide bonds. The smallest absolute Gasteiger partial charge is 0.238 e. The van der Waals surface area contributed by atoms with Crippen LogP contribution in [0.2, 0.25) is 0 Å². The van der Waals surface area contributed by atoms with Crippen LogP contribution >= 0.6 is 11.3 Å². The minimum atomic E-state index is 0.0801. The van der Waals surface area contributed by atoms with Crippen molar-refractivity contribution in [2.75, 3.05) is 6.54 Å². The SMILES string of the molecule is CCC(C)CC(C)N1C(=O)CNC1c1cccs1. The molecule has 4 heteroatoms. The summed E-state index contributed by atoms with van der Waals surface area (Å²) in [5, 5.41) is 5.38. The molecule has 1 aliphatic rings. The van der Waals surface area contributed by atoms with E-state index in [2.05, 4.69) is 37.5 Å². The molecule has 1 aromatic rings. The van der Waals surface area contributed by atoms with Crippen LogP contribution in [0.1, 0.15) is 44.7 Å². The molecule has 0 aliphatic carbocycles. The lowest BCUT2D eigenvalue weighted by molar-refractivity contribution is -0.130. The maximum atomic E-state index is 12.1. The fourth-order valence-corrected chi connectivity index (χ4v) is 3.36. The standard InChI is InChI=1S/C14H22N2OS/c1-4-10(2)8-11(3)16-13(17)9-15-14(16)12-6-5-7-18-12/h5-7,10-11,14-15H,4,8-9H2,1-3H3. The molecular weight excluding hydrogens is 244 g/mol. The number of nitrogens with one attached hydrogen (secondary N) is 1. The predicted octanol–water partition coefficient (Wildman–Crippen LogP) is 3.00. The van der Waals surface area contributed by atoms with Gasteiger partial charge in [0, 0.05) is 10.9 Å². The van der Waals surface area contributed by atoms with Gasteiger partial charge in [-0.3, -0.25) is 10.1 Å². The van der Waals surface area contributed by atoms with Gasteiger partial charge in [0.05, 0.1) is 6.54 Å². The van der Waals surface area contributed by atoms with E-state index in [4.69, 9.17) is 0 Å². The third kappa shape index (κ3) is 2.75. The summed E-state index contributed by atoms with van der Waals surface area (Å²) < 4.78 is 0. The summed E-state index contributed by atoms with van der Waals surface area (Å²) in [4.78, 5) is 15.3. The Bertz CT molecular complexity index is 391. The molecule has 0 aromatic carbocycles. The number of nitrogens with zero attached hydrogens (tertiary/aromatic N) is 1. The van der Waals surface area contributed by atoms with Crippen molar-refractivity contribution in [3.63, 3.8) is 0 Å². The fourth-order valence-electron chi connectivity index (χ4n) is 2.56. The second kappa shape index (κ2) is 5.85. The second-order valence-corrected chi connectivity index (χ2v) is 6.18. The molecule has 1 saturated heterocycles. The lowest BCUT2D eigenvalue weighted by Gasteiger charge is -2.31. The zero-order valence-corrected chi connectivity index (χ0v) is 12.2. The third-order valence-electron chi connectivity index (χ3n) is 3.74. The summed E-state index contributed by atoms with van der Waals surface area (Å²) in [6.45, 7) is 7.09. The number of rotatable bonds is 5. The molecular formula is C14H22N2OS. The number of thiophene rings is 1. The van der Waals surface area contributed by atoms with Crippen LogP contribution in [0.4, 0.5) is 0 Å². The number of hydrogen-bond acceptors (Lipinski definition) is 3. The minimum absolute atomic E-state index is 0.0801. The molecule has 0 saturated carbocycles. The topological polar surface area (TPSA) is 32.3 Å². The first-order chi connectivity index (χ1) is 8.63. The van der Waals surface area contributed by atoms with Gasteiger partial charge in [-0.1, -0.05) is 26.3 Å². The van der Waals surface area contributed by atoms with Crippen molar-refractivity contribution >= 4 is 17.2 Å². The molecule has 2 heterocycles. The Kier molecular flexibility index (Phi) is 4.40. The Morgan fingerprint density at radius 1 is 1.56 bits per heavy atom. The van der Waals surface area contributed by atoms with Crippen molar-refractivity contribution in [2.24, 2.45) is 5.92 Å². The largest absolute Gasteiger partial charge is 0.318 e. The molecule has 3 atom stereocenters. The molecule has 1 aliphatic heterocycles. The maximum Gasteiger partial charge on any atom is 0.238 e. The molecule has 0 radical (unpaired) electrons. The molecule has 2 rings (SSSR count). The number of hydrogen-bond donors (Lipinski definition) is 1. The molecule has 1 fully saturated rings. The van der Waals surface area contributed by atoms with Crippen LogP contribution in [0.15, 0.2) is 17.5 Å². The van der Waals surface area contributed by atoms with E-state index in [0.717, 1.165) is 6.42 Å². The normalized spacial score (nSPS) is 23.4. The van der Waals surface area contributed by atoms with E-state index in [-0.39, 0.29) is 12.1 Å². The van der Waals surface area contributed by atoms with Crippen LogP contribution in [-0.4, -0.2) is 23.4 Å². The molecule has 1 aromatic heterocycles. The summed E-state index contributed by atoms with van der Waals surface area (Å²) in [7, 11) is 0. The summed E-state index contributed by atoms with van der Waals surface area (Å²) >= 11 is 1.71. The van der Waals surface area contributed by atoms with E-state index in [9.17, 15) is 4.79 Å². The number of carbonyl (C=O) groups is 1. The number of carbonyl (C=O) groups excluding carboxylic acids is 1. The van der Waals surface area contributed by atoms with Gasteiger partial charge in [0.2, 0.25) is 5.91 Å². The highest BCUT2D eigenvalue weighted by atomic mass is 32.1. The Morgan fingerprint density at radius 2 is 2.33 bits per heavy atom. The quantitative estimate of drug-likeness (QED) is 0.888. The zero-order valence-electron chi connectivity index (χ0n) is 11.3. The Balaban J connectivity index is 2.10. The van der Waals surface area contributed by atoms with E-state index in [1.54, 1.807) is 11.3 Å². The highest BCUT2D eigenvalue weighted by molar-refractivity contribution is 7.10. The van der Waals surface area contributed by atoms with E-state index in [0.29, 0.717) is 18.5 Å². The first-order valence-corrected chi connectivity index (χ1v) is 7.59. The Morgan fingerprint density at radius 3 is 2.94 bits per heavy atom. The highest BCUT2D eigenvalue weighted by Crippen LogP contribution is 2.30. The molecule has 0 spiro atoms. The first kappa shape index (κ1) is 13.6. The van der Waals surface area contributed by atoms with Crippen molar-refractivity contribution in [3.05, 3.63) is 22.4 Å². The zero-order chi connectivity index (χ0) is 13.1. The van der Waals surface area contributed by atoms with Gasteiger partial charge >= 0.3 is 0 Å². The van der Waals surface area contributed by atoms with E-state index in [1.807, 2.05) is 11.0 Å². The fraction of sp³-hybridized carbons (Fsp3) is 0.643. The van der Waals surface area contributed by atoms with Gasteiger partial charge in [0.15, 0.2) is 0 Å². The maximum absolute atomic E-state index is 12.1. The van der Waals surface area contributed by atoms with Gasteiger partial charge < -0.3 is 4.90 Å². The summed E-state index contributed by atoms with van der Waals surface area (Å²) in [6.07, 6.45) is 2.33. The van der Waals surface area contributed by atoms with Crippen molar-refractivity contribution in [1.29, 1.82) is 0 Å². The van der Waals surface area contributed by atoms with E-state index >= 15 is 0 Å². The monoisotopic (exact) mass is 266 g/mol. The predicted molar refractivity (Wildman–Crippen MR) is 75.4 cm³/mol. The lowest BCUT2D eigenvalue weighted by Crippen LogP contribution is -2.38. The van der Waals surface area contributed by atoms with Crippen molar-refractivity contribution in [2.45, 2.75) is 45.8 Å². The second-order valence-electron chi connectivity index (χ2n) is 5.20. The van der Waals surface area contributed by atoms with Gasteiger partial charge in [-0.2, -0.15) is 0 Å². The summed E-state index contributed by atoms with van der Waals surface area (Å²) in [5.74, 6) is 0.890. The molecule has 3 nitrogen and oxygen atoms in total. The van der Waals surface area contributed by atoms with Gasteiger partial charge in [-0.15, -0.1) is 11.3 Å². The average molecular weight is 266 g/mol. The first-order valence-electron chi connectivity index (χ1n) is 6.71. The van der Waals surface area contributed by atoms with Crippen LogP contribution in [0, 0.1) is 5.92 Å². The average Bonchev–Trinajstić information content (AvgIpc) is 2.97. The Labute approximate surface area is 113 Å². The molecule has 3 unspecified atom stereocenters.